The van der Waals surface area contributed by atoms with Gasteiger partial charge in [-0.25, -0.2) is 4.79 Å². The van der Waals surface area contributed by atoms with Gasteiger partial charge in [-0.2, -0.15) is 5.01 Å². The summed E-state index contributed by atoms with van der Waals surface area (Å²) < 4.78 is 0. The number of amides is 5. The second-order valence-corrected chi connectivity index (χ2v) is 15.8. The third-order valence-electron chi connectivity index (χ3n) is 10.9. The monoisotopic (exact) mass is 812 g/mol. The highest BCUT2D eigenvalue weighted by Crippen LogP contribution is 2.32. The van der Waals surface area contributed by atoms with Crippen molar-refractivity contribution in [3.8, 4) is 0 Å². The number of hydrogen-bond acceptors (Lipinski definition) is 5. The van der Waals surface area contributed by atoms with E-state index >= 15 is 0 Å². The summed E-state index contributed by atoms with van der Waals surface area (Å²) in [6, 6.07) is 38.5. The van der Waals surface area contributed by atoms with Gasteiger partial charge in [-0.3, -0.25) is 19.4 Å². The highest BCUT2D eigenvalue weighted by atomic mass is 35.5. The van der Waals surface area contributed by atoms with Gasteiger partial charge in [0.25, 0.3) is 5.91 Å². The summed E-state index contributed by atoms with van der Waals surface area (Å²) in [5, 5.41) is 14.1. The van der Waals surface area contributed by atoms with E-state index in [9.17, 15) is 19.2 Å². The van der Waals surface area contributed by atoms with Crippen LogP contribution in [0.5, 0.6) is 0 Å². The van der Waals surface area contributed by atoms with Crippen molar-refractivity contribution in [2.45, 2.75) is 51.6 Å². The molecule has 6 aromatic carbocycles. The first-order chi connectivity index (χ1) is 28.0. The van der Waals surface area contributed by atoms with E-state index in [0.717, 1.165) is 38.2 Å². The number of urea groups is 1. The minimum Gasteiger partial charge on any atom is -0.333 e. The van der Waals surface area contributed by atoms with Gasteiger partial charge < -0.3 is 20.4 Å². The molecule has 6 aromatic rings. The minimum absolute atomic E-state index is 0.0753. The second kappa shape index (κ2) is 16.5. The molecule has 8 rings (SSSR count). The molecular weight excluding hydrogens is 771 g/mol. The fraction of sp³-hybridized carbons (Fsp3) is 0.217. The first-order valence-corrected chi connectivity index (χ1v) is 20.0. The number of benzene rings is 6. The molecule has 0 aliphatic carbocycles. The zero-order valence-electron chi connectivity index (χ0n) is 32.1. The molecule has 2 fully saturated rings. The number of anilines is 1. The van der Waals surface area contributed by atoms with E-state index in [1.54, 1.807) is 39.2 Å². The molecule has 2 saturated heterocycles. The summed E-state index contributed by atoms with van der Waals surface area (Å²) >= 11 is 12.4. The SMILES string of the molecule is CC(C)N(C(=O)NCc1ccc(Cl)c(Cl)c1)N1CC(=O)N2[C@@H](Cc3ccc(NC(=O)c4cccc5ccccc45)cc3)C(=O)N(Cc3cccc4ccccc34)C[C@@H]21. The fourth-order valence-electron chi connectivity index (χ4n) is 8.13. The predicted octanol–water partition coefficient (Wildman–Crippen LogP) is 8.51. The van der Waals surface area contributed by atoms with Crippen molar-refractivity contribution in [2.24, 2.45) is 0 Å². The van der Waals surface area contributed by atoms with Gasteiger partial charge in [0, 0.05) is 36.8 Å². The number of halogens is 2. The maximum Gasteiger partial charge on any atom is 0.332 e. The number of hydrazine groups is 1. The van der Waals surface area contributed by atoms with Crippen LogP contribution < -0.4 is 10.6 Å². The van der Waals surface area contributed by atoms with E-state index in [-0.39, 0.29) is 55.8 Å². The average molecular weight is 814 g/mol. The Morgan fingerprint density at radius 1 is 0.776 bits per heavy atom. The van der Waals surface area contributed by atoms with Crippen LogP contribution >= 0.6 is 23.2 Å². The van der Waals surface area contributed by atoms with Crippen molar-refractivity contribution in [1.82, 2.24) is 25.1 Å². The predicted molar refractivity (Wildman–Crippen MR) is 228 cm³/mol. The van der Waals surface area contributed by atoms with E-state index in [1.165, 1.54) is 0 Å². The third kappa shape index (κ3) is 7.83. The van der Waals surface area contributed by atoms with Gasteiger partial charge >= 0.3 is 6.03 Å². The van der Waals surface area contributed by atoms with Crippen LogP contribution in [-0.2, 0) is 29.1 Å². The summed E-state index contributed by atoms with van der Waals surface area (Å²) in [5.74, 6) is -0.639. The van der Waals surface area contributed by atoms with Crippen LogP contribution in [0.4, 0.5) is 10.5 Å². The zero-order valence-corrected chi connectivity index (χ0v) is 33.6. The van der Waals surface area contributed by atoms with Crippen LogP contribution in [-0.4, -0.2) is 74.9 Å². The number of carbonyl (C=O) groups is 4. The fourth-order valence-corrected chi connectivity index (χ4v) is 8.45. The average Bonchev–Trinajstić information content (AvgIpc) is 3.54. The molecule has 2 atom stereocenters. The number of rotatable bonds is 10. The Morgan fingerprint density at radius 2 is 1.43 bits per heavy atom. The Hall–Kier alpha value is -5.94. The van der Waals surface area contributed by atoms with Crippen molar-refractivity contribution < 1.29 is 19.2 Å². The van der Waals surface area contributed by atoms with Crippen molar-refractivity contribution in [3.63, 3.8) is 0 Å². The van der Waals surface area contributed by atoms with Crippen LogP contribution in [0, 0.1) is 0 Å². The molecule has 5 amide bonds. The molecule has 58 heavy (non-hydrogen) atoms. The smallest absolute Gasteiger partial charge is 0.332 e. The molecule has 10 nitrogen and oxygen atoms in total. The van der Waals surface area contributed by atoms with E-state index in [4.69, 9.17) is 23.2 Å². The highest BCUT2D eigenvalue weighted by Gasteiger charge is 2.52. The normalized spacial score (nSPS) is 16.9. The van der Waals surface area contributed by atoms with Crippen LogP contribution in [0.15, 0.2) is 127 Å². The van der Waals surface area contributed by atoms with E-state index in [0.29, 0.717) is 27.8 Å². The second-order valence-electron chi connectivity index (χ2n) is 15.0. The lowest BCUT2D eigenvalue weighted by Crippen LogP contribution is -2.66. The highest BCUT2D eigenvalue weighted by molar-refractivity contribution is 6.42. The number of nitrogens with zero attached hydrogens (tertiary/aromatic N) is 4. The molecule has 0 radical (unpaired) electrons. The molecule has 0 aromatic heterocycles. The Morgan fingerprint density at radius 3 is 2.16 bits per heavy atom. The first kappa shape index (κ1) is 38.9. The van der Waals surface area contributed by atoms with Crippen LogP contribution in [0.3, 0.4) is 0 Å². The van der Waals surface area contributed by atoms with Gasteiger partial charge in [-0.1, -0.05) is 120 Å². The Labute approximate surface area is 346 Å². The van der Waals surface area contributed by atoms with Crippen LogP contribution in [0.25, 0.3) is 21.5 Å². The van der Waals surface area contributed by atoms with E-state index in [2.05, 4.69) is 10.6 Å². The Kier molecular flexibility index (Phi) is 11.1. The molecule has 0 bridgehead atoms. The molecule has 0 unspecified atom stereocenters. The van der Waals surface area contributed by atoms with E-state index < -0.39 is 12.2 Å². The van der Waals surface area contributed by atoms with Crippen molar-refractivity contribution in [1.29, 1.82) is 0 Å². The van der Waals surface area contributed by atoms with Gasteiger partial charge in [0.2, 0.25) is 11.8 Å². The summed E-state index contributed by atoms with van der Waals surface area (Å²) in [4.78, 5) is 59.5. The summed E-state index contributed by atoms with van der Waals surface area (Å²) in [7, 11) is 0. The van der Waals surface area contributed by atoms with Crippen LogP contribution in [0.1, 0.15) is 40.9 Å². The number of nitrogens with one attached hydrogen (secondary N) is 2. The molecular formula is C46H42Cl2N6O4. The lowest BCUT2D eigenvalue weighted by atomic mass is 9.98. The van der Waals surface area contributed by atoms with Gasteiger partial charge in [0.05, 0.1) is 23.1 Å². The van der Waals surface area contributed by atoms with Crippen molar-refractivity contribution >= 4 is 74.2 Å². The molecule has 12 heteroatoms. The summed E-state index contributed by atoms with van der Waals surface area (Å²) in [6.07, 6.45) is -0.369. The lowest BCUT2D eigenvalue weighted by molar-refractivity contribution is -0.158. The van der Waals surface area contributed by atoms with Gasteiger partial charge in [0.1, 0.15) is 12.2 Å². The van der Waals surface area contributed by atoms with Gasteiger partial charge in [-0.05, 0) is 82.4 Å². The molecule has 2 heterocycles. The standard InChI is InChI=1S/C46H42Cl2N6O4/c1-29(2)54(46(58)49-25-31-19-22-39(47)40(48)23-31)52-28-43(55)53-41(45(57)51(27-42(52)53)26-34-13-7-11-32-9-3-5-14-36(32)34)24-30-17-20-35(21-18-30)50-44(56)38-16-8-12-33-10-4-6-15-37(33)38/h3-23,29,41-42H,24-28H2,1-2H3,(H,49,58)(H,50,56)/t41-,42+/m0/s1. The van der Waals surface area contributed by atoms with Crippen molar-refractivity contribution in [3.05, 3.63) is 160 Å². The quantitative estimate of drug-likeness (QED) is 0.144. The van der Waals surface area contributed by atoms with Crippen LogP contribution in [0.2, 0.25) is 10.0 Å². The molecule has 0 spiro atoms. The number of piperazine rings is 1. The molecule has 0 saturated carbocycles. The number of carbonyl (C=O) groups excluding carboxylic acids is 4. The maximum absolute atomic E-state index is 14.6. The van der Waals surface area contributed by atoms with Gasteiger partial charge in [-0.15, -0.1) is 0 Å². The number of fused-ring (bicyclic) bond motifs is 3. The number of hydrogen-bond donors (Lipinski definition) is 2. The molecule has 2 aliphatic heterocycles. The van der Waals surface area contributed by atoms with Crippen molar-refractivity contribution in [2.75, 3.05) is 18.4 Å². The first-order valence-electron chi connectivity index (χ1n) is 19.3. The third-order valence-corrected chi connectivity index (χ3v) is 11.6. The topological polar surface area (TPSA) is 105 Å². The minimum atomic E-state index is -0.837. The summed E-state index contributed by atoms with van der Waals surface area (Å²) in [5.41, 5.74) is 3.76. The molecule has 2 aliphatic rings. The summed E-state index contributed by atoms with van der Waals surface area (Å²) in [6.45, 7) is 4.44. The largest absolute Gasteiger partial charge is 0.333 e. The van der Waals surface area contributed by atoms with E-state index in [1.807, 2.05) is 122 Å². The Balaban J connectivity index is 1.06. The lowest BCUT2D eigenvalue weighted by Gasteiger charge is -2.47. The molecule has 2 N–H and O–H groups in total. The Bertz CT molecular complexity index is 2540. The molecule has 294 valence electrons. The van der Waals surface area contributed by atoms with Gasteiger partial charge in [0.15, 0.2) is 0 Å². The maximum atomic E-state index is 14.6. The zero-order chi connectivity index (χ0) is 40.5.